The van der Waals surface area contributed by atoms with Gasteiger partial charge in [-0.25, -0.2) is 0 Å². The molecule has 0 bridgehead atoms. The summed E-state index contributed by atoms with van der Waals surface area (Å²) in [4.78, 5) is 17.4. The number of nitrogens with one attached hydrogen (secondary N) is 2. The van der Waals surface area contributed by atoms with E-state index in [0.29, 0.717) is 16.9 Å². The first kappa shape index (κ1) is 16.4. The Morgan fingerprint density at radius 2 is 1.36 bits per heavy atom. The van der Waals surface area contributed by atoms with E-state index in [9.17, 15) is 10.0 Å². The molecule has 0 fully saturated rings. The third-order valence-corrected chi connectivity index (χ3v) is 3.71. The van der Waals surface area contributed by atoms with Gasteiger partial charge in [0, 0.05) is 21.8 Å². The molecule has 8 nitrogen and oxygen atoms in total. The van der Waals surface area contributed by atoms with Crippen molar-refractivity contribution < 1.29 is 17.7 Å². The molecule has 0 saturated heterocycles. The Morgan fingerprint density at radius 1 is 0.840 bits per heavy atom. The van der Waals surface area contributed by atoms with E-state index >= 15 is 0 Å². The van der Waals surface area contributed by atoms with E-state index in [1.54, 1.807) is 0 Å². The van der Waals surface area contributed by atoms with Crippen molar-refractivity contribution >= 4 is 38.1 Å². The van der Waals surface area contributed by atoms with Gasteiger partial charge in [-0.05, 0) is 17.3 Å². The molecule has 4 aromatic rings. The molecule has 0 aliphatic rings. The Labute approximate surface area is 142 Å². The van der Waals surface area contributed by atoms with Crippen LogP contribution >= 0.6 is 0 Å². The minimum Gasteiger partial charge on any atom is -0.494 e. The van der Waals surface area contributed by atoms with E-state index in [1.807, 2.05) is 48.5 Å². The zero-order valence-electron chi connectivity index (χ0n) is 12.6. The zero-order chi connectivity index (χ0) is 18.0. The Kier molecular flexibility index (Phi) is 4.31. The van der Waals surface area contributed by atoms with Crippen molar-refractivity contribution in [1.29, 1.82) is 0 Å². The highest BCUT2D eigenvalue weighted by Crippen LogP contribution is 2.43. The van der Waals surface area contributed by atoms with Gasteiger partial charge >= 0.3 is 10.6 Å². The molecule has 0 aliphatic carbocycles. The molecule has 0 amide bonds. The molecule has 3 N–H and O–H groups in total. The van der Waals surface area contributed by atoms with Gasteiger partial charge in [0.2, 0.25) is 0 Å². The maximum Gasteiger partial charge on any atom is 0.425 e. The second-order valence-corrected chi connectivity index (χ2v) is 5.49. The average Bonchev–Trinajstić information content (AvgIpc) is 3.10. The number of hydrogen-bond donors (Lipinski definition) is 3. The van der Waals surface area contributed by atoms with Crippen LogP contribution in [0.4, 0.5) is 5.69 Å². The molecular formula is C16H11N3O5S. The van der Waals surface area contributed by atoms with Gasteiger partial charge in [0.05, 0.1) is 11.3 Å². The fraction of sp³-hybridized carbons (Fsp3) is 0. The monoisotopic (exact) mass is 357 g/mol. The quantitative estimate of drug-likeness (QED) is 0.473. The van der Waals surface area contributed by atoms with Gasteiger partial charge in [0.25, 0.3) is 0 Å². The smallest absolute Gasteiger partial charge is 0.425 e. The van der Waals surface area contributed by atoms with Crippen LogP contribution in [0.2, 0.25) is 0 Å². The summed E-state index contributed by atoms with van der Waals surface area (Å²) in [6.07, 6.45) is 0. The Balaban J connectivity index is 0.000000415. The molecule has 126 valence electrons. The largest absolute Gasteiger partial charge is 0.494 e. The summed E-state index contributed by atoms with van der Waals surface area (Å²) in [7, 11) is -3.11. The minimum atomic E-state index is -3.11. The van der Waals surface area contributed by atoms with Crippen molar-refractivity contribution in [2.45, 2.75) is 0 Å². The maximum atomic E-state index is 11.3. The molecule has 2 heterocycles. The summed E-state index contributed by atoms with van der Waals surface area (Å²) in [6, 6.07) is 15.0. The van der Waals surface area contributed by atoms with Gasteiger partial charge in [0.1, 0.15) is 5.69 Å². The predicted molar refractivity (Wildman–Crippen MR) is 92.4 cm³/mol. The predicted octanol–water partition coefficient (Wildman–Crippen LogP) is 3.42. The highest BCUT2D eigenvalue weighted by molar-refractivity contribution is 7.59. The summed E-state index contributed by atoms with van der Waals surface area (Å²) < 4.78 is 25.3. The van der Waals surface area contributed by atoms with E-state index in [1.165, 1.54) is 0 Å². The van der Waals surface area contributed by atoms with Gasteiger partial charge in [-0.15, -0.1) is 17.5 Å². The molecule has 0 radical (unpaired) electrons. The molecule has 0 atom stereocenters. The number of nitrogens with zero attached hydrogens (tertiary/aromatic N) is 1. The lowest BCUT2D eigenvalue weighted by molar-refractivity contribution is 0.460. The molecule has 0 aliphatic heterocycles. The van der Waals surface area contributed by atoms with Crippen molar-refractivity contribution in [3.8, 4) is 17.1 Å². The second-order valence-electron chi connectivity index (χ2n) is 5.08. The molecular weight excluding hydrogens is 346 g/mol. The van der Waals surface area contributed by atoms with Crippen LogP contribution in [0.3, 0.4) is 0 Å². The lowest BCUT2D eigenvalue weighted by atomic mass is 10.1. The summed E-state index contributed by atoms with van der Waals surface area (Å²) in [6.45, 7) is 0. The van der Waals surface area contributed by atoms with E-state index < -0.39 is 10.6 Å². The van der Waals surface area contributed by atoms with Crippen LogP contribution in [0.15, 0.2) is 53.7 Å². The number of aromatic amines is 2. The van der Waals surface area contributed by atoms with Gasteiger partial charge in [0.15, 0.2) is 5.88 Å². The Bertz CT molecular complexity index is 1190. The molecule has 25 heavy (non-hydrogen) atoms. The first-order valence-corrected chi connectivity index (χ1v) is 8.03. The normalized spacial score (nSPS) is 10.4. The number of aromatic hydroxyl groups is 1. The van der Waals surface area contributed by atoms with Gasteiger partial charge < -0.3 is 15.1 Å². The molecule has 0 spiro atoms. The fourth-order valence-electron chi connectivity index (χ4n) is 2.78. The van der Waals surface area contributed by atoms with E-state index in [0.717, 1.165) is 21.8 Å². The number of rotatable bonds is 2. The number of H-pyrrole nitrogens is 2. The van der Waals surface area contributed by atoms with Gasteiger partial charge in [-0.2, -0.15) is 0 Å². The van der Waals surface area contributed by atoms with E-state index in [2.05, 4.69) is 15.1 Å². The van der Waals surface area contributed by atoms with Crippen LogP contribution in [0.5, 0.6) is 5.88 Å². The highest BCUT2D eigenvalue weighted by Gasteiger charge is 2.20. The van der Waals surface area contributed by atoms with E-state index in [-0.39, 0.29) is 5.88 Å². The molecule has 0 saturated carbocycles. The summed E-state index contributed by atoms with van der Waals surface area (Å²) in [5, 5.41) is 15.0. The van der Waals surface area contributed by atoms with Crippen molar-refractivity contribution in [3.05, 3.63) is 53.4 Å². The lowest BCUT2D eigenvalue weighted by Gasteiger charge is -1.98. The summed E-state index contributed by atoms with van der Waals surface area (Å²) >= 11 is 0. The summed E-state index contributed by atoms with van der Waals surface area (Å²) in [5.41, 5.74) is 3.02. The molecule has 0 unspecified atom stereocenters. The number of hydrogen-bond acceptors (Lipinski definition) is 6. The molecule has 9 heteroatoms. The second kappa shape index (κ2) is 6.57. The van der Waals surface area contributed by atoms with Crippen LogP contribution in [0.1, 0.15) is 0 Å². The van der Waals surface area contributed by atoms with Crippen molar-refractivity contribution in [3.63, 3.8) is 0 Å². The minimum absolute atomic E-state index is 0.0210. The standard InChI is InChI=1S/C16H11N3O2.O3S/c20-16-13(9-5-1-3-7-11(9)18-16)15-14(19-21)10-6-2-4-8-12(10)17-15;1-4(2)3/h1-8,17-18,20H;. The fourth-order valence-corrected chi connectivity index (χ4v) is 2.78. The SMILES string of the molecule is O=Nc1c(-c2c(O)[nH]c3ccccc23)[nH]c2ccccc12.O=S(=O)=O. The summed E-state index contributed by atoms with van der Waals surface area (Å²) in [5.74, 6) is 0.0210. The van der Waals surface area contributed by atoms with Gasteiger partial charge in [-0.3, -0.25) is 0 Å². The third-order valence-electron chi connectivity index (χ3n) is 3.71. The number of nitroso groups, excluding NO2 is 1. The number of benzene rings is 2. The molecule has 2 aromatic heterocycles. The van der Waals surface area contributed by atoms with E-state index in [4.69, 9.17) is 12.6 Å². The molecule has 2 aromatic carbocycles. The van der Waals surface area contributed by atoms with Crippen molar-refractivity contribution in [2.24, 2.45) is 5.18 Å². The van der Waals surface area contributed by atoms with Crippen LogP contribution in [0.25, 0.3) is 33.1 Å². The number of para-hydroxylation sites is 2. The van der Waals surface area contributed by atoms with Crippen LogP contribution in [-0.2, 0) is 10.6 Å². The van der Waals surface area contributed by atoms with Crippen LogP contribution in [0, 0.1) is 4.91 Å². The topological polar surface area (TPSA) is 132 Å². The van der Waals surface area contributed by atoms with Crippen molar-refractivity contribution in [1.82, 2.24) is 9.97 Å². The lowest BCUT2D eigenvalue weighted by Crippen LogP contribution is -1.77. The first-order chi connectivity index (χ1) is 12.0. The number of aromatic nitrogens is 2. The first-order valence-electron chi connectivity index (χ1n) is 7.03. The van der Waals surface area contributed by atoms with Gasteiger partial charge in [-0.1, -0.05) is 36.4 Å². The Morgan fingerprint density at radius 3 is 1.96 bits per heavy atom. The highest BCUT2D eigenvalue weighted by atomic mass is 32.2. The maximum absolute atomic E-state index is 11.3. The van der Waals surface area contributed by atoms with Crippen LogP contribution in [-0.4, -0.2) is 27.7 Å². The number of fused-ring (bicyclic) bond motifs is 2. The molecule has 4 rings (SSSR count). The Hall–Kier alpha value is -3.46. The van der Waals surface area contributed by atoms with Crippen molar-refractivity contribution in [2.75, 3.05) is 0 Å². The van der Waals surface area contributed by atoms with Crippen LogP contribution < -0.4 is 0 Å². The zero-order valence-corrected chi connectivity index (χ0v) is 13.4. The third kappa shape index (κ3) is 3.00. The average molecular weight is 357 g/mol.